The number of rotatable bonds is 5. The van der Waals surface area contributed by atoms with Crippen molar-refractivity contribution in [2.45, 2.75) is 64.9 Å². The smallest absolute Gasteiger partial charge is 0.0603 e. The van der Waals surface area contributed by atoms with Gasteiger partial charge < -0.3 is 4.74 Å². The average molecular weight is 184 g/mol. The van der Waals surface area contributed by atoms with Crippen LogP contribution in [-0.4, -0.2) is 12.7 Å². The van der Waals surface area contributed by atoms with Crippen LogP contribution in [0.5, 0.6) is 0 Å². The minimum Gasteiger partial charge on any atom is -0.378 e. The first-order valence-electron chi connectivity index (χ1n) is 6.00. The van der Waals surface area contributed by atoms with Crippen molar-refractivity contribution < 1.29 is 4.74 Å². The van der Waals surface area contributed by atoms with Crippen molar-refractivity contribution in [3.63, 3.8) is 0 Å². The van der Waals surface area contributed by atoms with Crippen LogP contribution in [-0.2, 0) is 4.74 Å². The summed E-state index contributed by atoms with van der Waals surface area (Å²) in [6.45, 7) is 5.29. The summed E-state index contributed by atoms with van der Waals surface area (Å²) in [6, 6.07) is 0. The van der Waals surface area contributed by atoms with Crippen LogP contribution in [0, 0.1) is 5.92 Å². The molecule has 1 nitrogen and oxygen atoms in total. The molecule has 1 aliphatic rings. The summed E-state index contributed by atoms with van der Waals surface area (Å²) < 4.78 is 5.79. The van der Waals surface area contributed by atoms with Gasteiger partial charge in [0, 0.05) is 6.61 Å². The SMILES string of the molecule is CCCC[C@H]1CCCC[C@@H]1OCC. The molecular formula is C12H24O. The molecule has 0 aromatic rings. The molecule has 13 heavy (non-hydrogen) atoms. The molecule has 1 rings (SSSR count). The van der Waals surface area contributed by atoms with Crippen molar-refractivity contribution in [2.24, 2.45) is 5.92 Å². The molecule has 0 aliphatic heterocycles. The van der Waals surface area contributed by atoms with Crippen molar-refractivity contribution in [1.29, 1.82) is 0 Å². The Morgan fingerprint density at radius 3 is 2.62 bits per heavy atom. The lowest BCUT2D eigenvalue weighted by molar-refractivity contribution is -0.00752. The molecule has 0 radical (unpaired) electrons. The molecule has 0 aromatic carbocycles. The average Bonchev–Trinajstić information content (AvgIpc) is 2.17. The summed E-state index contributed by atoms with van der Waals surface area (Å²) >= 11 is 0. The van der Waals surface area contributed by atoms with E-state index in [9.17, 15) is 0 Å². The Bertz CT molecular complexity index is 120. The first-order chi connectivity index (χ1) is 6.38. The maximum atomic E-state index is 5.79. The van der Waals surface area contributed by atoms with Crippen molar-refractivity contribution in [1.82, 2.24) is 0 Å². The maximum Gasteiger partial charge on any atom is 0.0603 e. The molecule has 78 valence electrons. The highest BCUT2D eigenvalue weighted by atomic mass is 16.5. The van der Waals surface area contributed by atoms with Crippen LogP contribution >= 0.6 is 0 Å². The minimum atomic E-state index is 0.588. The Balaban J connectivity index is 2.28. The summed E-state index contributed by atoms with van der Waals surface area (Å²) in [5.74, 6) is 0.869. The predicted octanol–water partition coefficient (Wildman–Crippen LogP) is 3.77. The summed E-state index contributed by atoms with van der Waals surface area (Å²) in [6.07, 6.45) is 10.2. The third-order valence-electron chi connectivity index (χ3n) is 3.15. The predicted molar refractivity (Wildman–Crippen MR) is 56.9 cm³/mol. The van der Waals surface area contributed by atoms with Crippen LogP contribution in [0.1, 0.15) is 58.8 Å². The second-order valence-electron chi connectivity index (χ2n) is 4.18. The van der Waals surface area contributed by atoms with Crippen molar-refractivity contribution in [3.05, 3.63) is 0 Å². The van der Waals surface area contributed by atoms with E-state index in [0.717, 1.165) is 12.5 Å². The van der Waals surface area contributed by atoms with Gasteiger partial charge in [-0.25, -0.2) is 0 Å². The fourth-order valence-electron chi connectivity index (χ4n) is 2.40. The highest BCUT2D eigenvalue weighted by Crippen LogP contribution is 2.30. The summed E-state index contributed by atoms with van der Waals surface area (Å²) in [7, 11) is 0. The largest absolute Gasteiger partial charge is 0.378 e. The van der Waals surface area contributed by atoms with Crippen LogP contribution in [0.4, 0.5) is 0 Å². The van der Waals surface area contributed by atoms with E-state index in [1.807, 2.05) is 0 Å². The van der Waals surface area contributed by atoms with Crippen molar-refractivity contribution in [3.8, 4) is 0 Å². The number of hydrogen-bond donors (Lipinski definition) is 0. The quantitative estimate of drug-likeness (QED) is 0.632. The number of hydrogen-bond acceptors (Lipinski definition) is 1. The first kappa shape index (κ1) is 11.0. The second kappa shape index (κ2) is 6.42. The van der Waals surface area contributed by atoms with Gasteiger partial charge in [0.1, 0.15) is 0 Å². The molecule has 0 saturated heterocycles. The van der Waals surface area contributed by atoms with Crippen molar-refractivity contribution >= 4 is 0 Å². The molecule has 1 heteroatoms. The highest BCUT2D eigenvalue weighted by Gasteiger charge is 2.24. The normalized spacial score (nSPS) is 29.1. The monoisotopic (exact) mass is 184 g/mol. The van der Waals surface area contributed by atoms with Gasteiger partial charge in [0.2, 0.25) is 0 Å². The van der Waals surface area contributed by atoms with E-state index < -0.39 is 0 Å². The van der Waals surface area contributed by atoms with Gasteiger partial charge in [-0.05, 0) is 32.1 Å². The van der Waals surface area contributed by atoms with Crippen LogP contribution in [0.25, 0.3) is 0 Å². The van der Waals surface area contributed by atoms with Gasteiger partial charge in [-0.15, -0.1) is 0 Å². The molecule has 1 saturated carbocycles. The zero-order chi connectivity index (χ0) is 9.52. The Kier molecular flexibility index (Phi) is 5.45. The van der Waals surface area contributed by atoms with E-state index >= 15 is 0 Å². The third kappa shape index (κ3) is 3.68. The lowest BCUT2D eigenvalue weighted by Crippen LogP contribution is -2.27. The molecule has 2 atom stereocenters. The van der Waals surface area contributed by atoms with E-state index in [1.54, 1.807) is 0 Å². The third-order valence-corrected chi connectivity index (χ3v) is 3.15. The summed E-state index contributed by atoms with van der Waals surface area (Å²) in [4.78, 5) is 0. The zero-order valence-corrected chi connectivity index (χ0v) is 9.22. The van der Waals surface area contributed by atoms with E-state index in [0.29, 0.717) is 6.10 Å². The zero-order valence-electron chi connectivity index (χ0n) is 9.22. The van der Waals surface area contributed by atoms with E-state index in [2.05, 4.69) is 13.8 Å². The molecule has 0 unspecified atom stereocenters. The molecule has 0 spiro atoms. The summed E-state index contributed by atoms with van der Waals surface area (Å²) in [5.41, 5.74) is 0. The maximum absolute atomic E-state index is 5.79. The van der Waals surface area contributed by atoms with Gasteiger partial charge in [0.05, 0.1) is 6.10 Å². The van der Waals surface area contributed by atoms with Crippen LogP contribution < -0.4 is 0 Å². The van der Waals surface area contributed by atoms with Crippen LogP contribution in [0.15, 0.2) is 0 Å². The Morgan fingerprint density at radius 1 is 1.15 bits per heavy atom. The topological polar surface area (TPSA) is 9.23 Å². The lowest BCUT2D eigenvalue weighted by Gasteiger charge is -2.31. The lowest BCUT2D eigenvalue weighted by atomic mass is 9.83. The number of unbranched alkanes of at least 4 members (excludes halogenated alkanes) is 1. The Hall–Kier alpha value is -0.0400. The fraction of sp³-hybridized carbons (Fsp3) is 1.00. The molecule has 1 fully saturated rings. The molecule has 0 aromatic heterocycles. The molecule has 0 heterocycles. The summed E-state index contributed by atoms with van der Waals surface area (Å²) in [5, 5.41) is 0. The van der Waals surface area contributed by atoms with E-state index in [-0.39, 0.29) is 0 Å². The van der Waals surface area contributed by atoms with Gasteiger partial charge in [-0.3, -0.25) is 0 Å². The molecule has 0 N–H and O–H groups in total. The molecule has 0 amide bonds. The van der Waals surface area contributed by atoms with Crippen LogP contribution in [0.2, 0.25) is 0 Å². The van der Waals surface area contributed by atoms with Gasteiger partial charge in [-0.1, -0.05) is 32.6 Å². The highest BCUT2D eigenvalue weighted by molar-refractivity contribution is 4.75. The van der Waals surface area contributed by atoms with Gasteiger partial charge in [0.25, 0.3) is 0 Å². The Labute approximate surface area is 82.9 Å². The van der Waals surface area contributed by atoms with Gasteiger partial charge in [-0.2, -0.15) is 0 Å². The first-order valence-corrected chi connectivity index (χ1v) is 6.00. The second-order valence-corrected chi connectivity index (χ2v) is 4.18. The Morgan fingerprint density at radius 2 is 1.92 bits per heavy atom. The van der Waals surface area contributed by atoms with E-state index in [4.69, 9.17) is 4.74 Å². The fourth-order valence-corrected chi connectivity index (χ4v) is 2.40. The molecular weight excluding hydrogens is 160 g/mol. The molecule has 0 bridgehead atoms. The van der Waals surface area contributed by atoms with Gasteiger partial charge in [0.15, 0.2) is 0 Å². The standard InChI is InChI=1S/C12H24O/c1-3-5-8-11-9-6-7-10-12(11)13-4-2/h11-12H,3-10H2,1-2H3/t11-,12-/m0/s1. The van der Waals surface area contributed by atoms with Crippen molar-refractivity contribution in [2.75, 3.05) is 6.61 Å². The van der Waals surface area contributed by atoms with Gasteiger partial charge >= 0.3 is 0 Å². The minimum absolute atomic E-state index is 0.588. The number of ether oxygens (including phenoxy) is 1. The van der Waals surface area contributed by atoms with E-state index in [1.165, 1.54) is 44.9 Å². The van der Waals surface area contributed by atoms with Crippen LogP contribution in [0.3, 0.4) is 0 Å². The molecule has 1 aliphatic carbocycles.